The number of ether oxygens (including phenoxy) is 1. The van der Waals surface area contributed by atoms with Crippen molar-refractivity contribution in [2.75, 3.05) is 16.9 Å². The SMILES string of the molecule is CSCc1cccc(NC(=O)[C@]2(C)Oc3ccccc3NC2=O)c1. The fraction of sp³-hybridized carbons (Fsp3) is 0.222. The van der Waals surface area contributed by atoms with E-state index in [0.717, 1.165) is 11.3 Å². The molecule has 2 N–H and O–H groups in total. The van der Waals surface area contributed by atoms with Crippen molar-refractivity contribution in [3.05, 3.63) is 54.1 Å². The van der Waals surface area contributed by atoms with Gasteiger partial charge in [-0.15, -0.1) is 0 Å². The molecule has 124 valence electrons. The molecule has 2 amide bonds. The van der Waals surface area contributed by atoms with Gasteiger partial charge in [0, 0.05) is 11.4 Å². The van der Waals surface area contributed by atoms with Crippen LogP contribution in [0.1, 0.15) is 12.5 Å². The molecule has 6 heteroatoms. The Balaban J connectivity index is 1.81. The third kappa shape index (κ3) is 3.10. The van der Waals surface area contributed by atoms with E-state index >= 15 is 0 Å². The molecule has 0 spiro atoms. The van der Waals surface area contributed by atoms with Gasteiger partial charge in [-0.2, -0.15) is 11.8 Å². The highest BCUT2D eigenvalue weighted by Crippen LogP contribution is 2.33. The quantitative estimate of drug-likeness (QED) is 0.837. The van der Waals surface area contributed by atoms with E-state index < -0.39 is 17.4 Å². The first-order valence-corrected chi connectivity index (χ1v) is 8.91. The van der Waals surface area contributed by atoms with Crippen LogP contribution in [0.4, 0.5) is 11.4 Å². The Hall–Kier alpha value is -2.47. The molecule has 0 unspecified atom stereocenters. The molecule has 0 saturated carbocycles. The summed E-state index contributed by atoms with van der Waals surface area (Å²) < 4.78 is 5.72. The van der Waals surface area contributed by atoms with E-state index in [9.17, 15) is 9.59 Å². The van der Waals surface area contributed by atoms with Crippen LogP contribution < -0.4 is 15.4 Å². The van der Waals surface area contributed by atoms with Gasteiger partial charge in [-0.1, -0.05) is 24.3 Å². The topological polar surface area (TPSA) is 67.4 Å². The molecule has 2 aromatic rings. The summed E-state index contributed by atoms with van der Waals surface area (Å²) in [7, 11) is 0. The summed E-state index contributed by atoms with van der Waals surface area (Å²) in [6.07, 6.45) is 2.02. The Kier molecular flexibility index (Phi) is 4.49. The second-order valence-corrected chi connectivity index (χ2v) is 6.54. The zero-order chi connectivity index (χ0) is 17.2. The maximum atomic E-state index is 12.7. The highest BCUT2D eigenvalue weighted by molar-refractivity contribution is 7.97. The van der Waals surface area contributed by atoms with Gasteiger partial charge in [0.2, 0.25) is 0 Å². The van der Waals surface area contributed by atoms with Crippen LogP contribution in [-0.2, 0) is 15.3 Å². The van der Waals surface area contributed by atoms with Gasteiger partial charge >= 0.3 is 0 Å². The van der Waals surface area contributed by atoms with Gasteiger partial charge in [0.25, 0.3) is 17.4 Å². The monoisotopic (exact) mass is 342 g/mol. The van der Waals surface area contributed by atoms with Crippen molar-refractivity contribution < 1.29 is 14.3 Å². The molecule has 0 fully saturated rings. The average Bonchev–Trinajstić information content (AvgIpc) is 2.56. The van der Waals surface area contributed by atoms with Crippen LogP contribution in [0.25, 0.3) is 0 Å². The molecule has 5 nitrogen and oxygen atoms in total. The number of fused-ring (bicyclic) bond motifs is 1. The number of hydrogen-bond acceptors (Lipinski definition) is 4. The van der Waals surface area contributed by atoms with E-state index in [0.29, 0.717) is 17.1 Å². The maximum absolute atomic E-state index is 12.7. The van der Waals surface area contributed by atoms with E-state index in [2.05, 4.69) is 10.6 Å². The number of hydrogen-bond donors (Lipinski definition) is 2. The van der Waals surface area contributed by atoms with Gasteiger partial charge in [-0.05, 0) is 43.0 Å². The summed E-state index contributed by atoms with van der Waals surface area (Å²) in [5.41, 5.74) is 0.687. The lowest BCUT2D eigenvalue weighted by molar-refractivity contribution is -0.143. The van der Waals surface area contributed by atoms with Gasteiger partial charge in [0.15, 0.2) is 0 Å². The maximum Gasteiger partial charge on any atom is 0.278 e. The smallest absolute Gasteiger partial charge is 0.278 e. The summed E-state index contributed by atoms with van der Waals surface area (Å²) in [4.78, 5) is 25.1. The predicted molar refractivity (Wildman–Crippen MR) is 96.4 cm³/mol. The molecular weight excluding hydrogens is 324 g/mol. The second kappa shape index (κ2) is 6.57. The van der Waals surface area contributed by atoms with Gasteiger partial charge in [0.1, 0.15) is 5.75 Å². The zero-order valence-corrected chi connectivity index (χ0v) is 14.3. The molecule has 24 heavy (non-hydrogen) atoms. The van der Waals surface area contributed by atoms with Crippen molar-refractivity contribution in [2.45, 2.75) is 18.3 Å². The summed E-state index contributed by atoms with van der Waals surface area (Å²) >= 11 is 1.70. The Labute approximate surface area is 144 Å². The molecule has 1 aliphatic heterocycles. The standard InChI is InChI=1S/C18H18N2O3S/c1-18(17(22)20-14-8-3-4-9-15(14)23-18)16(21)19-13-7-5-6-12(10-13)11-24-2/h3-10H,11H2,1-2H3,(H,19,21)(H,20,22)/t18-/m0/s1. The molecule has 3 rings (SSSR count). The van der Waals surface area contributed by atoms with Crippen molar-refractivity contribution >= 4 is 35.0 Å². The second-order valence-electron chi connectivity index (χ2n) is 5.67. The molecule has 0 aromatic heterocycles. The fourth-order valence-corrected chi connectivity index (χ4v) is 2.99. The lowest BCUT2D eigenvalue weighted by atomic mass is 10.0. The predicted octanol–water partition coefficient (Wildman–Crippen LogP) is 3.28. The minimum atomic E-state index is -1.62. The average molecular weight is 342 g/mol. The minimum absolute atomic E-state index is 0.478. The molecule has 1 heterocycles. The molecule has 1 atom stereocenters. The molecule has 0 radical (unpaired) electrons. The molecular formula is C18H18N2O3S. The normalized spacial score (nSPS) is 19.0. The first-order valence-electron chi connectivity index (χ1n) is 7.52. The number of anilines is 2. The number of carbonyl (C=O) groups is 2. The highest BCUT2D eigenvalue weighted by Gasteiger charge is 2.47. The largest absolute Gasteiger partial charge is 0.466 e. The van der Waals surface area contributed by atoms with Crippen molar-refractivity contribution in [2.24, 2.45) is 0 Å². The Morgan fingerprint density at radius 2 is 2.04 bits per heavy atom. The van der Waals surface area contributed by atoms with E-state index in [1.54, 1.807) is 42.1 Å². The number of nitrogens with one attached hydrogen (secondary N) is 2. The van der Waals surface area contributed by atoms with Crippen LogP contribution in [0.2, 0.25) is 0 Å². The molecule has 1 aliphatic rings. The van der Waals surface area contributed by atoms with Crippen LogP contribution in [0.15, 0.2) is 48.5 Å². The van der Waals surface area contributed by atoms with Gasteiger partial charge in [-0.25, -0.2) is 0 Å². The number of amides is 2. The zero-order valence-electron chi connectivity index (χ0n) is 13.5. The molecule has 0 aliphatic carbocycles. The molecule has 0 saturated heterocycles. The summed E-state index contributed by atoms with van der Waals surface area (Å²) in [6.45, 7) is 1.47. The Bertz CT molecular complexity index is 793. The summed E-state index contributed by atoms with van der Waals surface area (Å²) in [5, 5.41) is 5.50. The summed E-state index contributed by atoms with van der Waals surface area (Å²) in [6, 6.07) is 14.6. The van der Waals surface area contributed by atoms with Gasteiger partial charge in [0.05, 0.1) is 5.69 Å². The van der Waals surface area contributed by atoms with Crippen LogP contribution in [0.3, 0.4) is 0 Å². The van der Waals surface area contributed by atoms with Crippen LogP contribution in [0, 0.1) is 0 Å². The Morgan fingerprint density at radius 1 is 1.25 bits per heavy atom. The van der Waals surface area contributed by atoms with Crippen molar-refractivity contribution in [3.8, 4) is 5.75 Å². The number of rotatable bonds is 4. The molecule has 2 aromatic carbocycles. The van der Waals surface area contributed by atoms with E-state index in [-0.39, 0.29) is 0 Å². The van der Waals surface area contributed by atoms with Crippen molar-refractivity contribution in [1.82, 2.24) is 0 Å². The Morgan fingerprint density at radius 3 is 2.83 bits per heavy atom. The van der Waals surface area contributed by atoms with Crippen LogP contribution in [0.5, 0.6) is 5.75 Å². The first-order chi connectivity index (χ1) is 11.5. The van der Waals surface area contributed by atoms with E-state index in [4.69, 9.17) is 4.74 Å². The van der Waals surface area contributed by atoms with E-state index in [1.807, 2.05) is 24.5 Å². The number of para-hydroxylation sites is 2. The number of thioether (sulfide) groups is 1. The molecule has 0 bridgehead atoms. The van der Waals surface area contributed by atoms with Gasteiger partial charge < -0.3 is 15.4 Å². The minimum Gasteiger partial charge on any atom is -0.466 e. The van der Waals surface area contributed by atoms with Gasteiger partial charge in [-0.3, -0.25) is 9.59 Å². The number of benzene rings is 2. The van der Waals surface area contributed by atoms with Crippen LogP contribution >= 0.6 is 11.8 Å². The third-order valence-electron chi connectivity index (χ3n) is 3.81. The summed E-state index contributed by atoms with van der Waals surface area (Å²) in [5.74, 6) is 0.339. The van der Waals surface area contributed by atoms with Crippen molar-refractivity contribution in [1.29, 1.82) is 0 Å². The lowest BCUT2D eigenvalue weighted by Gasteiger charge is -2.33. The van der Waals surface area contributed by atoms with E-state index in [1.165, 1.54) is 6.92 Å². The van der Waals surface area contributed by atoms with Crippen molar-refractivity contribution in [3.63, 3.8) is 0 Å². The lowest BCUT2D eigenvalue weighted by Crippen LogP contribution is -2.56. The highest BCUT2D eigenvalue weighted by atomic mass is 32.2. The van der Waals surface area contributed by atoms with Crippen LogP contribution in [-0.4, -0.2) is 23.7 Å². The first kappa shape index (κ1) is 16.4. The third-order valence-corrected chi connectivity index (χ3v) is 4.43. The fourth-order valence-electron chi connectivity index (χ4n) is 2.47. The number of carbonyl (C=O) groups excluding carboxylic acids is 2.